The van der Waals surface area contributed by atoms with Crippen LogP contribution in [-0.4, -0.2) is 5.16 Å². The Labute approximate surface area is 107 Å². The third-order valence-electron chi connectivity index (χ3n) is 2.59. The monoisotopic (exact) mass is 260 g/mol. The molecule has 0 saturated heterocycles. The van der Waals surface area contributed by atoms with Crippen LogP contribution in [0.25, 0.3) is 21.8 Å². The van der Waals surface area contributed by atoms with Crippen LogP contribution in [0.15, 0.2) is 46.3 Å². The van der Waals surface area contributed by atoms with Gasteiger partial charge in [0.2, 0.25) is 0 Å². The fraction of sp³-hybridized carbons (Fsp3) is 0. The second-order valence-electron chi connectivity index (χ2n) is 3.76. The lowest BCUT2D eigenvalue weighted by molar-refractivity contribution is 0.436. The summed E-state index contributed by atoms with van der Waals surface area (Å²) in [6.45, 7) is 0. The molecule has 0 fully saturated rings. The van der Waals surface area contributed by atoms with Crippen LogP contribution in [-0.2, 0) is 0 Å². The predicted octanol–water partition coefficient (Wildman–Crippen LogP) is 3.79. The number of hydrogen-bond acceptors (Lipinski definition) is 4. The summed E-state index contributed by atoms with van der Waals surface area (Å²) >= 11 is 1.55. The number of thiophene rings is 1. The molecule has 0 saturated carbocycles. The minimum Gasteiger partial charge on any atom is -0.380 e. The van der Waals surface area contributed by atoms with Crippen LogP contribution in [0.2, 0.25) is 0 Å². The van der Waals surface area contributed by atoms with E-state index < -0.39 is 0 Å². The Hall–Kier alpha value is -2.14. The molecule has 90 valence electrons. The Morgan fingerprint density at radius 2 is 1.94 bits per heavy atom. The zero-order valence-electron chi connectivity index (χ0n) is 9.26. The van der Waals surface area contributed by atoms with Gasteiger partial charge in [-0.05, 0) is 35.7 Å². The first kappa shape index (κ1) is 11.0. The summed E-state index contributed by atoms with van der Waals surface area (Å²) in [4.78, 5) is 0.980. The van der Waals surface area contributed by atoms with Gasteiger partial charge < -0.3 is 10.3 Å². The van der Waals surface area contributed by atoms with E-state index in [1.807, 2.05) is 17.5 Å². The molecule has 0 radical (unpaired) electrons. The highest BCUT2D eigenvalue weighted by atomic mass is 32.1. The third kappa shape index (κ3) is 1.78. The lowest BCUT2D eigenvalue weighted by Gasteiger charge is -1.99. The highest BCUT2D eigenvalue weighted by Gasteiger charge is 2.18. The maximum absolute atomic E-state index is 12.9. The van der Waals surface area contributed by atoms with Gasteiger partial charge in [0.15, 0.2) is 11.6 Å². The zero-order valence-corrected chi connectivity index (χ0v) is 10.1. The van der Waals surface area contributed by atoms with Crippen LogP contribution < -0.4 is 5.73 Å². The van der Waals surface area contributed by atoms with Crippen molar-refractivity contribution in [2.45, 2.75) is 0 Å². The molecule has 0 unspecified atom stereocenters. The minimum atomic E-state index is -0.288. The molecule has 0 spiro atoms. The van der Waals surface area contributed by atoms with E-state index >= 15 is 0 Å². The Kier molecular flexibility index (Phi) is 2.60. The van der Waals surface area contributed by atoms with Crippen molar-refractivity contribution in [1.29, 1.82) is 0 Å². The fourth-order valence-corrected chi connectivity index (χ4v) is 2.54. The number of rotatable bonds is 2. The second kappa shape index (κ2) is 4.27. The molecule has 3 aromatic rings. The number of anilines is 1. The molecule has 18 heavy (non-hydrogen) atoms. The smallest absolute Gasteiger partial charge is 0.177 e. The van der Waals surface area contributed by atoms with Crippen molar-refractivity contribution < 1.29 is 8.91 Å². The normalized spacial score (nSPS) is 10.7. The van der Waals surface area contributed by atoms with Gasteiger partial charge in [0, 0.05) is 10.4 Å². The summed E-state index contributed by atoms with van der Waals surface area (Å²) in [7, 11) is 0. The first-order valence-corrected chi connectivity index (χ1v) is 6.18. The van der Waals surface area contributed by atoms with Gasteiger partial charge in [0.25, 0.3) is 0 Å². The summed E-state index contributed by atoms with van der Waals surface area (Å²) in [5.41, 5.74) is 7.34. The van der Waals surface area contributed by atoms with Gasteiger partial charge in [-0.25, -0.2) is 4.39 Å². The van der Waals surface area contributed by atoms with Gasteiger partial charge in [0.05, 0.1) is 5.56 Å². The highest BCUT2D eigenvalue weighted by molar-refractivity contribution is 7.13. The van der Waals surface area contributed by atoms with E-state index in [1.165, 1.54) is 12.1 Å². The van der Waals surface area contributed by atoms with E-state index in [9.17, 15) is 4.39 Å². The molecule has 5 heteroatoms. The molecule has 2 heterocycles. The lowest BCUT2D eigenvalue weighted by atomic mass is 10.1. The van der Waals surface area contributed by atoms with Crippen LogP contribution >= 0.6 is 11.3 Å². The summed E-state index contributed by atoms with van der Waals surface area (Å²) in [5.74, 6) is 0.621. The van der Waals surface area contributed by atoms with Crippen LogP contribution in [0.3, 0.4) is 0 Å². The summed E-state index contributed by atoms with van der Waals surface area (Å²) < 4.78 is 18.2. The van der Waals surface area contributed by atoms with Gasteiger partial charge in [-0.15, -0.1) is 11.3 Å². The molecule has 0 amide bonds. The Balaban J connectivity index is 2.16. The molecular weight excluding hydrogens is 251 g/mol. The van der Waals surface area contributed by atoms with E-state index in [0.717, 1.165) is 16.0 Å². The van der Waals surface area contributed by atoms with Crippen molar-refractivity contribution >= 4 is 17.2 Å². The molecular formula is C13H9FN2OS. The maximum atomic E-state index is 12.9. The standard InChI is InChI=1S/C13H9FN2OS/c14-9-5-3-8(4-6-9)12-11(13(15)16-17-12)10-2-1-7-18-10/h1-7H,(H2,15,16). The Bertz CT molecular complexity index is 659. The van der Waals surface area contributed by atoms with Gasteiger partial charge in [-0.1, -0.05) is 11.2 Å². The van der Waals surface area contributed by atoms with E-state index in [4.69, 9.17) is 10.3 Å². The average molecular weight is 260 g/mol. The molecule has 2 aromatic heterocycles. The molecule has 2 N–H and O–H groups in total. The van der Waals surface area contributed by atoms with Crippen LogP contribution in [0.5, 0.6) is 0 Å². The van der Waals surface area contributed by atoms with E-state index in [-0.39, 0.29) is 5.82 Å². The van der Waals surface area contributed by atoms with Crippen LogP contribution in [0, 0.1) is 5.82 Å². The van der Waals surface area contributed by atoms with Gasteiger partial charge in [0.1, 0.15) is 5.82 Å². The van der Waals surface area contributed by atoms with E-state index in [0.29, 0.717) is 11.6 Å². The number of nitrogens with two attached hydrogens (primary N) is 1. The SMILES string of the molecule is Nc1noc(-c2ccc(F)cc2)c1-c1cccs1. The highest BCUT2D eigenvalue weighted by Crippen LogP contribution is 2.38. The quantitative estimate of drug-likeness (QED) is 0.762. The molecule has 0 aliphatic heterocycles. The van der Waals surface area contributed by atoms with Crippen molar-refractivity contribution in [2.24, 2.45) is 0 Å². The molecule has 0 aliphatic carbocycles. The van der Waals surface area contributed by atoms with Crippen molar-refractivity contribution in [3.8, 4) is 21.8 Å². The summed E-state index contributed by atoms with van der Waals surface area (Å²) in [6.07, 6.45) is 0. The molecule has 3 nitrogen and oxygen atoms in total. The minimum absolute atomic E-state index is 0.288. The Morgan fingerprint density at radius 3 is 2.61 bits per heavy atom. The predicted molar refractivity (Wildman–Crippen MR) is 69.6 cm³/mol. The largest absolute Gasteiger partial charge is 0.380 e. The molecule has 3 rings (SSSR count). The van der Waals surface area contributed by atoms with Crippen molar-refractivity contribution in [2.75, 3.05) is 5.73 Å². The van der Waals surface area contributed by atoms with Crippen molar-refractivity contribution in [3.05, 3.63) is 47.6 Å². The van der Waals surface area contributed by atoms with E-state index in [1.54, 1.807) is 23.5 Å². The van der Waals surface area contributed by atoms with E-state index in [2.05, 4.69) is 5.16 Å². The van der Waals surface area contributed by atoms with Gasteiger partial charge in [-0.3, -0.25) is 0 Å². The van der Waals surface area contributed by atoms with Crippen LogP contribution in [0.4, 0.5) is 10.2 Å². The molecule has 1 aromatic carbocycles. The average Bonchev–Trinajstić information content (AvgIpc) is 2.99. The number of nitrogen functional groups attached to an aromatic ring is 1. The maximum Gasteiger partial charge on any atom is 0.177 e. The number of halogens is 1. The number of aromatic nitrogens is 1. The molecule has 0 atom stereocenters. The van der Waals surface area contributed by atoms with Gasteiger partial charge in [-0.2, -0.15) is 0 Å². The number of hydrogen-bond donors (Lipinski definition) is 1. The van der Waals surface area contributed by atoms with Crippen molar-refractivity contribution in [3.63, 3.8) is 0 Å². The van der Waals surface area contributed by atoms with Crippen LogP contribution in [0.1, 0.15) is 0 Å². The number of nitrogens with zero attached hydrogens (tertiary/aromatic N) is 1. The lowest BCUT2D eigenvalue weighted by Crippen LogP contribution is -1.87. The van der Waals surface area contributed by atoms with Crippen molar-refractivity contribution in [1.82, 2.24) is 5.16 Å². The topological polar surface area (TPSA) is 52.0 Å². The Morgan fingerprint density at radius 1 is 1.17 bits per heavy atom. The summed E-state index contributed by atoms with van der Waals surface area (Å²) in [6, 6.07) is 9.93. The second-order valence-corrected chi connectivity index (χ2v) is 4.70. The fourth-order valence-electron chi connectivity index (χ4n) is 1.76. The summed E-state index contributed by atoms with van der Waals surface area (Å²) in [5, 5.41) is 5.74. The zero-order chi connectivity index (χ0) is 12.5. The van der Waals surface area contributed by atoms with Gasteiger partial charge >= 0.3 is 0 Å². The molecule has 0 aliphatic rings. The number of benzene rings is 1. The first-order valence-electron chi connectivity index (χ1n) is 5.30. The third-order valence-corrected chi connectivity index (χ3v) is 3.48. The first-order chi connectivity index (χ1) is 8.75. The molecule has 0 bridgehead atoms.